The van der Waals surface area contributed by atoms with Crippen molar-refractivity contribution in [2.75, 3.05) is 24.3 Å². The van der Waals surface area contributed by atoms with Gasteiger partial charge >= 0.3 is 0 Å². The van der Waals surface area contributed by atoms with Crippen molar-refractivity contribution in [2.24, 2.45) is 0 Å². The topological polar surface area (TPSA) is 46.0 Å². The number of benzene rings is 2. The van der Waals surface area contributed by atoms with Crippen molar-refractivity contribution in [1.82, 2.24) is 14.8 Å². The first-order valence-electron chi connectivity index (χ1n) is 7.93. The van der Waals surface area contributed by atoms with Crippen LogP contribution in [0.5, 0.6) is 0 Å². The summed E-state index contributed by atoms with van der Waals surface area (Å²) in [5.41, 5.74) is 4.56. The summed E-state index contributed by atoms with van der Waals surface area (Å²) in [5.74, 6) is 0.762. The standard InChI is InChI=1S/C19H19N5/c1-23(2)16-10-8-15(9-11-16)18-12-17(14-6-4-3-5-7-14)22-19-20-13-21-24(18)19/h3-13,18H,1-2H3,(H,20,21,22). The molecule has 1 N–H and O–H groups in total. The van der Waals surface area contributed by atoms with Gasteiger partial charge in [-0.25, -0.2) is 4.68 Å². The second-order valence-electron chi connectivity index (χ2n) is 6.03. The third-order valence-electron chi connectivity index (χ3n) is 4.24. The van der Waals surface area contributed by atoms with Gasteiger partial charge in [0.15, 0.2) is 0 Å². The highest BCUT2D eigenvalue weighted by atomic mass is 15.4. The first-order valence-corrected chi connectivity index (χ1v) is 7.93. The number of rotatable bonds is 3. The van der Waals surface area contributed by atoms with Crippen LogP contribution in [0.25, 0.3) is 5.70 Å². The molecule has 0 fully saturated rings. The Morgan fingerprint density at radius 1 is 1.00 bits per heavy atom. The number of aromatic nitrogens is 3. The molecule has 1 aromatic heterocycles. The van der Waals surface area contributed by atoms with Crippen molar-refractivity contribution in [3.63, 3.8) is 0 Å². The van der Waals surface area contributed by atoms with E-state index in [-0.39, 0.29) is 6.04 Å². The largest absolute Gasteiger partial charge is 0.378 e. The van der Waals surface area contributed by atoms with Gasteiger partial charge in [-0.15, -0.1) is 0 Å². The Morgan fingerprint density at radius 3 is 2.46 bits per heavy atom. The number of anilines is 2. The molecule has 0 spiro atoms. The fraction of sp³-hybridized carbons (Fsp3) is 0.158. The van der Waals surface area contributed by atoms with E-state index < -0.39 is 0 Å². The van der Waals surface area contributed by atoms with Crippen molar-refractivity contribution in [2.45, 2.75) is 6.04 Å². The summed E-state index contributed by atoms with van der Waals surface area (Å²) < 4.78 is 1.91. The Labute approximate surface area is 141 Å². The number of hydrogen-bond donors (Lipinski definition) is 1. The van der Waals surface area contributed by atoms with Crippen LogP contribution in [-0.4, -0.2) is 28.9 Å². The summed E-state index contributed by atoms with van der Waals surface area (Å²) in [5, 5.41) is 7.75. The van der Waals surface area contributed by atoms with Gasteiger partial charge in [0, 0.05) is 25.5 Å². The van der Waals surface area contributed by atoms with Gasteiger partial charge in [-0.1, -0.05) is 42.5 Å². The van der Waals surface area contributed by atoms with Gasteiger partial charge in [0.1, 0.15) is 12.4 Å². The lowest BCUT2D eigenvalue weighted by atomic mass is 10.0. The lowest BCUT2D eigenvalue weighted by Crippen LogP contribution is -2.20. The maximum atomic E-state index is 4.39. The van der Waals surface area contributed by atoms with Crippen LogP contribution in [0, 0.1) is 0 Å². The van der Waals surface area contributed by atoms with Crippen LogP contribution in [0.15, 0.2) is 67.0 Å². The smallest absolute Gasteiger partial charge is 0.226 e. The Morgan fingerprint density at radius 2 is 1.75 bits per heavy atom. The van der Waals surface area contributed by atoms with Crippen LogP contribution in [0.2, 0.25) is 0 Å². The van der Waals surface area contributed by atoms with E-state index in [1.807, 2.05) is 37.0 Å². The van der Waals surface area contributed by atoms with Crippen LogP contribution in [0.4, 0.5) is 11.6 Å². The average molecular weight is 317 g/mol. The minimum absolute atomic E-state index is 0.0233. The number of hydrogen-bond acceptors (Lipinski definition) is 4. The molecule has 3 aromatic rings. The lowest BCUT2D eigenvalue weighted by molar-refractivity contribution is 0.612. The molecule has 0 bridgehead atoms. The quantitative estimate of drug-likeness (QED) is 0.804. The lowest BCUT2D eigenvalue weighted by Gasteiger charge is -2.25. The summed E-state index contributed by atoms with van der Waals surface area (Å²) in [6.45, 7) is 0. The molecule has 0 saturated carbocycles. The normalized spacial score (nSPS) is 16.1. The Kier molecular flexibility index (Phi) is 3.54. The van der Waals surface area contributed by atoms with Crippen molar-refractivity contribution in [3.8, 4) is 0 Å². The van der Waals surface area contributed by atoms with Crippen LogP contribution in [0.3, 0.4) is 0 Å². The maximum Gasteiger partial charge on any atom is 0.226 e. The summed E-state index contributed by atoms with van der Waals surface area (Å²) in [6.07, 6.45) is 3.78. The molecule has 1 aliphatic rings. The summed E-state index contributed by atoms with van der Waals surface area (Å²) in [4.78, 5) is 6.44. The van der Waals surface area contributed by atoms with Gasteiger partial charge in [0.05, 0.1) is 0 Å². The number of allylic oxidation sites excluding steroid dienone is 1. The van der Waals surface area contributed by atoms with E-state index >= 15 is 0 Å². The molecule has 0 amide bonds. The first kappa shape index (κ1) is 14.5. The fourth-order valence-electron chi connectivity index (χ4n) is 2.93. The molecule has 2 aromatic carbocycles. The van der Waals surface area contributed by atoms with Crippen molar-refractivity contribution in [3.05, 3.63) is 78.1 Å². The Hall–Kier alpha value is -3.08. The number of fused-ring (bicyclic) bond motifs is 1. The average Bonchev–Trinajstić information content (AvgIpc) is 3.10. The zero-order valence-corrected chi connectivity index (χ0v) is 13.7. The van der Waals surface area contributed by atoms with Gasteiger partial charge in [-0.05, 0) is 29.3 Å². The van der Waals surface area contributed by atoms with Crippen LogP contribution < -0.4 is 10.2 Å². The highest BCUT2D eigenvalue weighted by molar-refractivity contribution is 5.77. The summed E-state index contributed by atoms with van der Waals surface area (Å²) in [6, 6.07) is 18.9. The molecule has 5 heteroatoms. The Balaban J connectivity index is 1.76. The van der Waals surface area contributed by atoms with Gasteiger partial charge < -0.3 is 10.2 Å². The third kappa shape index (κ3) is 2.54. The number of nitrogens with one attached hydrogen (secondary N) is 1. The van der Waals surface area contributed by atoms with Crippen LogP contribution in [-0.2, 0) is 0 Å². The highest BCUT2D eigenvalue weighted by Gasteiger charge is 2.23. The predicted octanol–water partition coefficient (Wildman–Crippen LogP) is 3.40. The SMILES string of the molecule is CN(C)c1ccc(C2C=C(c3ccccc3)Nc3ncnn32)cc1. The van der Waals surface area contributed by atoms with Crippen LogP contribution in [0.1, 0.15) is 17.2 Å². The molecular weight excluding hydrogens is 298 g/mol. The summed E-state index contributed by atoms with van der Waals surface area (Å²) >= 11 is 0. The highest BCUT2D eigenvalue weighted by Crippen LogP contribution is 2.32. The molecular formula is C19H19N5. The zero-order valence-electron chi connectivity index (χ0n) is 13.7. The van der Waals surface area contributed by atoms with Gasteiger partial charge in [-0.2, -0.15) is 10.1 Å². The minimum Gasteiger partial charge on any atom is -0.378 e. The molecule has 1 aliphatic heterocycles. The zero-order chi connectivity index (χ0) is 16.5. The first-order chi connectivity index (χ1) is 11.7. The summed E-state index contributed by atoms with van der Waals surface area (Å²) in [7, 11) is 4.09. The van der Waals surface area contributed by atoms with E-state index in [9.17, 15) is 0 Å². The van der Waals surface area contributed by atoms with Gasteiger partial charge in [0.25, 0.3) is 0 Å². The van der Waals surface area contributed by atoms with Crippen LogP contribution >= 0.6 is 0 Å². The molecule has 1 atom stereocenters. The predicted molar refractivity (Wildman–Crippen MR) is 97.0 cm³/mol. The third-order valence-corrected chi connectivity index (χ3v) is 4.24. The van der Waals surface area contributed by atoms with Gasteiger partial charge in [-0.3, -0.25) is 0 Å². The monoisotopic (exact) mass is 317 g/mol. The van der Waals surface area contributed by atoms with Crippen molar-refractivity contribution >= 4 is 17.3 Å². The van der Waals surface area contributed by atoms with E-state index in [2.05, 4.69) is 62.8 Å². The molecule has 24 heavy (non-hydrogen) atoms. The van der Waals surface area contributed by atoms with Crippen molar-refractivity contribution < 1.29 is 0 Å². The van der Waals surface area contributed by atoms with E-state index in [0.29, 0.717) is 0 Å². The Bertz CT molecular complexity index is 862. The molecule has 0 aliphatic carbocycles. The molecule has 2 heterocycles. The molecule has 0 radical (unpaired) electrons. The molecule has 1 unspecified atom stereocenters. The molecule has 120 valence electrons. The second-order valence-corrected chi connectivity index (χ2v) is 6.03. The number of nitrogens with zero attached hydrogens (tertiary/aromatic N) is 4. The minimum atomic E-state index is 0.0233. The van der Waals surface area contributed by atoms with Crippen molar-refractivity contribution in [1.29, 1.82) is 0 Å². The second kappa shape index (κ2) is 5.85. The molecule has 5 nitrogen and oxygen atoms in total. The molecule has 4 rings (SSSR count). The fourth-order valence-corrected chi connectivity index (χ4v) is 2.93. The van der Waals surface area contributed by atoms with E-state index in [1.54, 1.807) is 6.33 Å². The van der Waals surface area contributed by atoms with E-state index in [0.717, 1.165) is 17.2 Å². The molecule has 0 saturated heterocycles. The van der Waals surface area contributed by atoms with E-state index in [4.69, 9.17) is 0 Å². The van der Waals surface area contributed by atoms with Gasteiger partial charge in [0.2, 0.25) is 5.95 Å². The maximum absolute atomic E-state index is 4.39. The van der Waals surface area contributed by atoms with E-state index in [1.165, 1.54) is 11.3 Å².